The highest BCUT2D eigenvalue weighted by atomic mass is 16.6. The third-order valence-corrected chi connectivity index (χ3v) is 4.30. The Morgan fingerprint density at radius 3 is 2.82 bits per heavy atom. The zero-order valence-corrected chi connectivity index (χ0v) is 15.4. The summed E-state index contributed by atoms with van der Waals surface area (Å²) >= 11 is 0. The molecule has 1 amide bonds. The number of nitrogens with one attached hydrogen (secondary N) is 1. The number of rotatable bonds is 6. The smallest absolute Gasteiger partial charge is 0.257 e. The maximum absolute atomic E-state index is 13.0. The zero-order chi connectivity index (χ0) is 19.3. The lowest BCUT2D eigenvalue weighted by molar-refractivity contribution is 0.0934. The van der Waals surface area contributed by atoms with Crippen molar-refractivity contribution in [1.82, 2.24) is 10.3 Å². The summed E-state index contributed by atoms with van der Waals surface area (Å²) in [5.41, 5.74) is 1.17. The van der Waals surface area contributed by atoms with E-state index in [4.69, 9.17) is 18.6 Å². The number of pyridine rings is 1. The number of carbonyl (C=O) groups excluding carboxylic acids is 1. The van der Waals surface area contributed by atoms with Crippen LogP contribution in [0.5, 0.6) is 17.4 Å². The van der Waals surface area contributed by atoms with Crippen molar-refractivity contribution in [3.63, 3.8) is 0 Å². The summed E-state index contributed by atoms with van der Waals surface area (Å²) in [6.45, 7) is 3.27. The van der Waals surface area contributed by atoms with Crippen LogP contribution in [0.2, 0.25) is 0 Å². The van der Waals surface area contributed by atoms with Crippen LogP contribution in [0.4, 0.5) is 0 Å². The number of furan rings is 1. The van der Waals surface area contributed by atoms with Crippen molar-refractivity contribution in [2.24, 2.45) is 0 Å². The molecule has 7 heteroatoms. The number of nitrogens with zero attached hydrogens (tertiary/aromatic N) is 1. The van der Waals surface area contributed by atoms with E-state index < -0.39 is 6.04 Å². The monoisotopic (exact) mass is 380 g/mol. The van der Waals surface area contributed by atoms with Gasteiger partial charge in [-0.15, -0.1) is 0 Å². The molecule has 1 unspecified atom stereocenters. The summed E-state index contributed by atoms with van der Waals surface area (Å²) in [6.07, 6.45) is 3.16. The molecule has 4 rings (SSSR count). The fourth-order valence-corrected chi connectivity index (χ4v) is 3.04. The lowest BCUT2D eigenvalue weighted by Crippen LogP contribution is -2.30. The van der Waals surface area contributed by atoms with Gasteiger partial charge in [-0.1, -0.05) is 6.07 Å². The molecule has 7 nitrogen and oxygen atoms in total. The second-order valence-electron chi connectivity index (χ2n) is 6.11. The molecule has 3 aromatic rings. The number of ether oxygens (including phenoxy) is 3. The fourth-order valence-electron chi connectivity index (χ4n) is 3.04. The first-order valence-corrected chi connectivity index (χ1v) is 9.08. The predicted octanol–water partition coefficient (Wildman–Crippen LogP) is 3.36. The number of amides is 1. The predicted molar refractivity (Wildman–Crippen MR) is 101 cm³/mol. The minimum Gasteiger partial charge on any atom is -0.486 e. The van der Waals surface area contributed by atoms with Crippen molar-refractivity contribution < 1.29 is 23.4 Å². The van der Waals surface area contributed by atoms with Crippen LogP contribution < -0.4 is 19.5 Å². The Bertz CT molecular complexity index is 955. The van der Waals surface area contributed by atoms with Crippen LogP contribution in [-0.2, 0) is 0 Å². The number of carbonyl (C=O) groups is 1. The molecule has 0 spiro atoms. The topological polar surface area (TPSA) is 82.8 Å². The van der Waals surface area contributed by atoms with Gasteiger partial charge < -0.3 is 23.9 Å². The highest BCUT2D eigenvalue weighted by Crippen LogP contribution is 2.34. The van der Waals surface area contributed by atoms with Crippen molar-refractivity contribution in [1.29, 1.82) is 0 Å². The molecule has 0 fully saturated rings. The number of hydrogen-bond acceptors (Lipinski definition) is 6. The van der Waals surface area contributed by atoms with Gasteiger partial charge in [-0.05, 0) is 48.9 Å². The molecule has 28 heavy (non-hydrogen) atoms. The van der Waals surface area contributed by atoms with Gasteiger partial charge in [0.2, 0.25) is 5.88 Å². The average Bonchev–Trinajstić information content (AvgIpc) is 3.27. The van der Waals surface area contributed by atoms with Crippen LogP contribution in [0.25, 0.3) is 0 Å². The summed E-state index contributed by atoms with van der Waals surface area (Å²) in [4.78, 5) is 17.1. The number of hydrogen-bond donors (Lipinski definition) is 1. The van der Waals surface area contributed by atoms with Gasteiger partial charge in [0, 0.05) is 6.20 Å². The minimum absolute atomic E-state index is 0.294. The number of fused-ring (bicyclic) bond motifs is 1. The third-order valence-electron chi connectivity index (χ3n) is 4.30. The van der Waals surface area contributed by atoms with E-state index in [0.29, 0.717) is 48.5 Å². The number of benzene rings is 1. The van der Waals surface area contributed by atoms with E-state index in [2.05, 4.69) is 10.3 Å². The maximum atomic E-state index is 13.0. The van der Waals surface area contributed by atoms with E-state index in [1.54, 1.807) is 30.7 Å². The van der Waals surface area contributed by atoms with E-state index >= 15 is 0 Å². The summed E-state index contributed by atoms with van der Waals surface area (Å²) < 4.78 is 22.3. The molecular weight excluding hydrogens is 360 g/mol. The first kappa shape index (κ1) is 17.9. The standard InChI is InChI=1S/C21H20N2O5/c1-2-25-21-15(5-3-9-22-21)20(24)23-19(17-6-4-10-26-17)14-7-8-16-18(13-14)28-12-11-27-16/h3-10,13,19H,2,11-12H2,1H3,(H,23,24). The van der Waals surface area contributed by atoms with Crippen molar-refractivity contribution in [3.8, 4) is 17.4 Å². The molecule has 3 heterocycles. The van der Waals surface area contributed by atoms with Crippen LogP contribution in [0.15, 0.2) is 59.3 Å². The third kappa shape index (κ3) is 3.64. The van der Waals surface area contributed by atoms with Crippen LogP contribution in [0.1, 0.15) is 34.6 Å². The molecule has 0 bridgehead atoms. The van der Waals surface area contributed by atoms with Gasteiger partial charge in [-0.25, -0.2) is 4.98 Å². The maximum Gasteiger partial charge on any atom is 0.257 e. The van der Waals surface area contributed by atoms with E-state index in [0.717, 1.165) is 5.56 Å². The summed E-state index contributed by atoms with van der Waals surface area (Å²) in [5, 5.41) is 3.01. The second-order valence-corrected chi connectivity index (χ2v) is 6.11. The molecule has 2 aromatic heterocycles. The summed E-state index contributed by atoms with van der Waals surface area (Å²) in [5.74, 6) is 1.92. The Morgan fingerprint density at radius 2 is 2.04 bits per heavy atom. The van der Waals surface area contributed by atoms with E-state index in [-0.39, 0.29) is 5.91 Å². The van der Waals surface area contributed by atoms with Crippen LogP contribution in [0.3, 0.4) is 0 Å². The van der Waals surface area contributed by atoms with E-state index in [1.807, 2.05) is 31.2 Å². The Morgan fingerprint density at radius 1 is 1.18 bits per heavy atom. The van der Waals surface area contributed by atoms with Crippen LogP contribution >= 0.6 is 0 Å². The second kappa shape index (κ2) is 8.04. The van der Waals surface area contributed by atoms with Crippen molar-refractivity contribution in [2.45, 2.75) is 13.0 Å². The van der Waals surface area contributed by atoms with Gasteiger partial charge in [-0.2, -0.15) is 0 Å². The van der Waals surface area contributed by atoms with Crippen molar-refractivity contribution in [2.75, 3.05) is 19.8 Å². The summed E-state index contributed by atoms with van der Waals surface area (Å²) in [6, 6.07) is 12.0. The van der Waals surface area contributed by atoms with Gasteiger partial charge in [0.1, 0.15) is 30.6 Å². The molecule has 1 atom stereocenters. The molecule has 0 saturated carbocycles. The molecule has 0 saturated heterocycles. The Hall–Kier alpha value is -3.48. The van der Waals surface area contributed by atoms with Crippen molar-refractivity contribution in [3.05, 3.63) is 71.8 Å². The van der Waals surface area contributed by atoms with E-state index in [9.17, 15) is 4.79 Å². The minimum atomic E-state index is -0.506. The molecule has 0 radical (unpaired) electrons. The Labute approximate surface area is 162 Å². The lowest BCUT2D eigenvalue weighted by Gasteiger charge is -2.22. The Balaban J connectivity index is 1.66. The molecule has 144 valence electrons. The molecule has 1 aliphatic rings. The quantitative estimate of drug-likeness (QED) is 0.706. The first-order chi connectivity index (χ1) is 13.8. The van der Waals surface area contributed by atoms with E-state index in [1.165, 1.54) is 0 Å². The van der Waals surface area contributed by atoms with Gasteiger partial charge in [0.25, 0.3) is 5.91 Å². The average molecular weight is 380 g/mol. The van der Waals surface area contributed by atoms with Crippen molar-refractivity contribution >= 4 is 5.91 Å². The van der Waals surface area contributed by atoms with Crippen LogP contribution in [-0.4, -0.2) is 30.7 Å². The number of aromatic nitrogens is 1. The lowest BCUT2D eigenvalue weighted by atomic mass is 10.0. The van der Waals surface area contributed by atoms with Gasteiger partial charge in [-0.3, -0.25) is 4.79 Å². The fraction of sp³-hybridized carbons (Fsp3) is 0.238. The van der Waals surface area contributed by atoms with Gasteiger partial charge in [0.15, 0.2) is 11.5 Å². The summed E-state index contributed by atoms with van der Waals surface area (Å²) in [7, 11) is 0. The molecular formula is C21H20N2O5. The SMILES string of the molecule is CCOc1ncccc1C(=O)NC(c1ccc2c(c1)OCCO2)c1ccco1. The largest absolute Gasteiger partial charge is 0.486 e. The highest BCUT2D eigenvalue weighted by Gasteiger charge is 2.24. The Kier molecular flexibility index (Phi) is 5.14. The van der Waals surface area contributed by atoms with Gasteiger partial charge in [0.05, 0.1) is 12.9 Å². The molecule has 0 aliphatic carbocycles. The zero-order valence-electron chi connectivity index (χ0n) is 15.4. The molecule has 1 aromatic carbocycles. The first-order valence-electron chi connectivity index (χ1n) is 9.08. The highest BCUT2D eigenvalue weighted by molar-refractivity contribution is 5.96. The van der Waals surface area contributed by atoms with Gasteiger partial charge >= 0.3 is 0 Å². The molecule has 1 aliphatic heterocycles. The van der Waals surface area contributed by atoms with Crippen LogP contribution in [0, 0.1) is 0 Å². The molecule has 1 N–H and O–H groups in total. The normalized spacial score (nSPS) is 13.6.